The van der Waals surface area contributed by atoms with Crippen LogP contribution in [0.15, 0.2) is 58.9 Å². The molecule has 1 heterocycles. The lowest BCUT2D eigenvalue weighted by atomic mass is 10.2. The second-order valence-corrected chi connectivity index (χ2v) is 7.96. The topological polar surface area (TPSA) is 64.1 Å². The first-order chi connectivity index (χ1) is 12.6. The smallest absolute Gasteiger partial charge is 0.261 e. The Kier molecular flexibility index (Phi) is 6.25. The molecule has 0 radical (unpaired) electrons. The fourth-order valence-corrected chi connectivity index (χ4v) is 3.92. The number of carbonyl (C=O) groups excluding carboxylic acids is 1. The number of hydrogen-bond donors (Lipinski definition) is 1. The molecule has 0 aliphatic rings. The summed E-state index contributed by atoms with van der Waals surface area (Å²) in [7, 11) is 0. The predicted octanol–water partition coefficient (Wildman–Crippen LogP) is 4.87. The van der Waals surface area contributed by atoms with Gasteiger partial charge >= 0.3 is 0 Å². The zero-order chi connectivity index (χ0) is 18.4. The average molecular weight is 386 g/mol. The van der Waals surface area contributed by atoms with E-state index < -0.39 is 0 Å². The first-order valence-electron chi connectivity index (χ1n) is 8.19. The second kappa shape index (κ2) is 8.82. The quantitative estimate of drug-likeness (QED) is 0.464. The van der Waals surface area contributed by atoms with Gasteiger partial charge in [0.15, 0.2) is 4.34 Å². The van der Waals surface area contributed by atoms with Crippen LogP contribution < -0.4 is 10.1 Å². The third-order valence-electron chi connectivity index (χ3n) is 3.33. The maximum absolute atomic E-state index is 12.5. The molecule has 1 amide bonds. The van der Waals surface area contributed by atoms with Gasteiger partial charge in [-0.2, -0.15) is 0 Å². The van der Waals surface area contributed by atoms with Crippen LogP contribution in [-0.4, -0.2) is 22.2 Å². The van der Waals surface area contributed by atoms with Crippen molar-refractivity contribution in [2.75, 3.05) is 5.32 Å². The van der Waals surface area contributed by atoms with Crippen LogP contribution in [0.3, 0.4) is 0 Å². The molecule has 0 saturated heterocycles. The monoisotopic (exact) mass is 385 g/mol. The molecular formula is C19H19N3O2S2. The molecule has 0 unspecified atom stereocenters. The maximum atomic E-state index is 12.5. The molecule has 3 aromatic rings. The van der Waals surface area contributed by atoms with Crippen LogP contribution in [0.2, 0.25) is 0 Å². The standard InChI is InChI=1S/C19H19N3O2S2/c1-13(2)24-16-11-7-6-10-15(16)17(23)20-18-21-22-19(26-18)25-12-14-8-4-3-5-9-14/h3-11,13H,12H2,1-2H3,(H,20,21,23). The van der Waals surface area contributed by atoms with E-state index in [1.165, 1.54) is 16.9 Å². The van der Waals surface area contributed by atoms with Crippen LogP contribution >= 0.6 is 23.1 Å². The van der Waals surface area contributed by atoms with Gasteiger partial charge in [0.05, 0.1) is 11.7 Å². The van der Waals surface area contributed by atoms with Crippen molar-refractivity contribution >= 4 is 34.1 Å². The van der Waals surface area contributed by atoms with Gasteiger partial charge in [0.1, 0.15) is 5.75 Å². The number of rotatable bonds is 7. The van der Waals surface area contributed by atoms with Crippen LogP contribution in [0.4, 0.5) is 5.13 Å². The molecule has 0 spiro atoms. The fourth-order valence-electron chi connectivity index (χ4n) is 2.21. The Bertz CT molecular complexity index is 866. The van der Waals surface area contributed by atoms with Gasteiger partial charge in [0, 0.05) is 5.75 Å². The summed E-state index contributed by atoms with van der Waals surface area (Å²) in [5.41, 5.74) is 1.70. The molecule has 0 bridgehead atoms. The number of nitrogens with one attached hydrogen (secondary N) is 1. The largest absolute Gasteiger partial charge is 0.490 e. The molecule has 0 saturated carbocycles. The van der Waals surface area contributed by atoms with E-state index in [0.29, 0.717) is 16.4 Å². The number of aromatic nitrogens is 2. The number of carbonyl (C=O) groups is 1. The van der Waals surface area contributed by atoms with E-state index in [0.717, 1.165) is 10.1 Å². The molecule has 2 aromatic carbocycles. The lowest BCUT2D eigenvalue weighted by Gasteiger charge is -2.13. The van der Waals surface area contributed by atoms with Crippen LogP contribution in [0.1, 0.15) is 29.8 Å². The van der Waals surface area contributed by atoms with Gasteiger partial charge in [-0.05, 0) is 31.5 Å². The molecule has 0 fully saturated rings. The average Bonchev–Trinajstić information content (AvgIpc) is 3.08. The van der Waals surface area contributed by atoms with E-state index in [1.807, 2.05) is 44.2 Å². The van der Waals surface area contributed by atoms with Gasteiger partial charge in [-0.15, -0.1) is 10.2 Å². The molecule has 0 aliphatic heterocycles. The zero-order valence-corrected chi connectivity index (χ0v) is 16.1. The summed E-state index contributed by atoms with van der Waals surface area (Å²) >= 11 is 2.96. The summed E-state index contributed by atoms with van der Waals surface area (Å²) in [5.74, 6) is 1.12. The predicted molar refractivity (Wildman–Crippen MR) is 106 cm³/mol. The van der Waals surface area contributed by atoms with Crippen molar-refractivity contribution in [3.63, 3.8) is 0 Å². The molecule has 26 heavy (non-hydrogen) atoms. The minimum Gasteiger partial charge on any atom is -0.490 e. The van der Waals surface area contributed by atoms with Gasteiger partial charge in [-0.3, -0.25) is 10.1 Å². The lowest BCUT2D eigenvalue weighted by Crippen LogP contribution is -2.15. The molecule has 3 rings (SSSR count). The first-order valence-corrected chi connectivity index (χ1v) is 9.99. The molecule has 1 N–H and O–H groups in total. The maximum Gasteiger partial charge on any atom is 0.261 e. The van der Waals surface area contributed by atoms with Crippen molar-refractivity contribution in [1.29, 1.82) is 0 Å². The van der Waals surface area contributed by atoms with E-state index in [-0.39, 0.29) is 12.0 Å². The highest BCUT2D eigenvalue weighted by molar-refractivity contribution is 8.00. The second-order valence-electron chi connectivity index (χ2n) is 5.76. The Morgan fingerprint density at radius 2 is 1.85 bits per heavy atom. The number of amides is 1. The van der Waals surface area contributed by atoms with Gasteiger partial charge < -0.3 is 4.74 Å². The number of anilines is 1. The Labute approximate surface area is 160 Å². The van der Waals surface area contributed by atoms with Crippen LogP contribution in [0.25, 0.3) is 0 Å². The zero-order valence-electron chi connectivity index (χ0n) is 14.5. The van der Waals surface area contributed by atoms with E-state index in [9.17, 15) is 4.79 Å². The summed E-state index contributed by atoms with van der Waals surface area (Å²) < 4.78 is 6.51. The summed E-state index contributed by atoms with van der Waals surface area (Å²) in [5, 5.41) is 11.5. The third kappa shape index (κ3) is 5.06. The lowest BCUT2D eigenvalue weighted by molar-refractivity contribution is 0.102. The van der Waals surface area contributed by atoms with Gasteiger partial charge in [0.2, 0.25) is 5.13 Å². The number of ether oxygens (including phenoxy) is 1. The molecule has 7 heteroatoms. The minimum atomic E-state index is -0.253. The molecular weight excluding hydrogens is 366 g/mol. The third-order valence-corrected chi connectivity index (χ3v) is 5.37. The van der Waals surface area contributed by atoms with Crippen molar-refractivity contribution in [3.8, 4) is 5.75 Å². The number of hydrogen-bond acceptors (Lipinski definition) is 6. The number of thioether (sulfide) groups is 1. The molecule has 0 aliphatic carbocycles. The van der Waals surface area contributed by atoms with Crippen LogP contribution in [-0.2, 0) is 5.75 Å². The van der Waals surface area contributed by atoms with Gasteiger partial charge in [-0.1, -0.05) is 65.6 Å². The number of para-hydroxylation sites is 1. The normalized spacial score (nSPS) is 10.7. The van der Waals surface area contributed by atoms with Crippen LogP contribution in [0.5, 0.6) is 5.75 Å². The highest BCUT2D eigenvalue weighted by atomic mass is 32.2. The molecule has 0 atom stereocenters. The highest BCUT2D eigenvalue weighted by Gasteiger charge is 2.15. The van der Waals surface area contributed by atoms with E-state index in [4.69, 9.17) is 4.74 Å². The van der Waals surface area contributed by atoms with Crippen molar-refractivity contribution in [3.05, 3.63) is 65.7 Å². The summed E-state index contributed by atoms with van der Waals surface area (Å²) in [6.07, 6.45) is -0.00790. The number of benzene rings is 2. The fraction of sp³-hybridized carbons (Fsp3) is 0.211. The van der Waals surface area contributed by atoms with Crippen molar-refractivity contribution in [2.45, 2.75) is 30.0 Å². The molecule has 5 nitrogen and oxygen atoms in total. The minimum absolute atomic E-state index is 0.00790. The summed E-state index contributed by atoms with van der Waals surface area (Å²) in [6, 6.07) is 17.3. The van der Waals surface area contributed by atoms with Gasteiger partial charge in [-0.25, -0.2) is 0 Å². The highest BCUT2D eigenvalue weighted by Crippen LogP contribution is 2.29. The Morgan fingerprint density at radius 3 is 2.62 bits per heavy atom. The summed E-state index contributed by atoms with van der Waals surface area (Å²) in [6.45, 7) is 3.85. The summed E-state index contributed by atoms with van der Waals surface area (Å²) in [4.78, 5) is 12.5. The van der Waals surface area contributed by atoms with E-state index in [1.54, 1.807) is 23.9 Å². The van der Waals surface area contributed by atoms with Crippen molar-refractivity contribution in [1.82, 2.24) is 10.2 Å². The Morgan fingerprint density at radius 1 is 1.12 bits per heavy atom. The SMILES string of the molecule is CC(C)Oc1ccccc1C(=O)Nc1nnc(SCc2ccccc2)s1. The van der Waals surface area contributed by atoms with E-state index in [2.05, 4.69) is 27.6 Å². The van der Waals surface area contributed by atoms with Gasteiger partial charge in [0.25, 0.3) is 5.91 Å². The first kappa shape index (κ1) is 18.4. The van der Waals surface area contributed by atoms with Crippen molar-refractivity contribution in [2.24, 2.45) is 0 Å². The molecule has 1 aromatic heterocycles. The number of nitrogens with zero attached hydrogens (tertiary/aromatic N) is 2. The molecule has 134 valence electrons. The van der Waals surface area contributed by atoms with Crippen LogP contribution in [0, 0.1) is 0 Å². The Hall–Kier alpha value is -2.38. The van der Waals surface area contributed by atoms with E-state index >= 15 is 0 Å². The Balaban J connectivity index is 1.63. The van der Waals surface area contributed by atoms with Crippen molar-refractivity contribution < 1.29 is 9.53 Å².